The zero-order chi connectivity index (χ0) is 19.9. The number of hydrogen-bond acceptors (Lipinski definition) is 5. The van der Waals surface area contributed by atoms with Gasteiger partial charge in [-0.15, -0.1) is 0 Å². The molecule has 0 aliphatic carbocycles. The first-order valence-corrected chi connectivity index (χ1v) is 9.92. The number of nitrogens with one attached hydrogen (secondary N) is 1. The van der Waals surface area contributed by atoms with E-state index in [0.717, 1.165) is 17.5 Å². The molecule has 8 heteroatoms. The van der Waals surface area contributed by atoms with Crippen molar-refractivity contribution in [3.05, 3.63) is 76.3 Å². The van der Waals surface area contributed by atoms with Crippen LogP contribution < -0.4 is 15.6 Å². The molecule has 3 aromatic rings. The lowest BCUT2D eigenvalue weighted by Gasteiger charge is -2.09. The van der Waals surface area contributed by atoms with Crippen LogP contribution in [0.2, 0.25) is 5.02 Å². The number of halogens is 1. The molecule has 1 aromatic heterocycles. The lowest BCUT2D eigenvalue weighted by Crippen LogP contribution is -2.22. The summed E-state index contributed by atoms with van der Waals surface area (Å²) in [6.07, 6.45) is 3.13. The maximum Gasteiger partial charge on any atom is 0.287 e. The largest absolute Gasteiger partial charge is 0.494 e. The fourth-order valence-corrected chi connectivity index (χ4v) is 3.25. The summed E-state index contributed by atoms with van der Waals surface area (Å²) in [5.74, 6) is 0.574. The monoisotopic (exact) mass is 415 g/mol. The number of benzene rings is 2. The minimum atomic E-state index is -0.282. The first-order chi connectivity index (χ1) is 13.6. The first-order valence-electron chi connectivity index (χ1n) is 8.56. The second-order valence-electron chi connectivity index (χ2n) is 5.68. The minimum Gasteiger partial charge on any atom is -0.494 e. The van der Waals surface area contributed by atoms with Gasteiger partial charge in [-0.1, -0.05) is 23.4 Å². The fourth-order valence-electron chi connectivity index (χ4n) is 2.43. The molecule has 144 valence electrons. The van der Waals surface area contributed by atoms with E-state index in [2.05, 4.69) is 10.3 Å². The Labute approximate surface area is 171 Å². The van der Waals surface area contributed by atoms with Crippen LogP contribution in [0.3, 0.4) is 0 Å². The molecule has 0 fully saturated rings. The van der Waals surface area contributed by atoms with Gasteiger partial charge in [0.2, 0.25) is 5.91 Å². The van der Waals surface area contributed by atoms with Gasteiger partial charge < -0.3 is 10.1 Å². The number of nitrogens with zero attached hydrogens (tertiary/aromatic N) is 2. The summed E-state index contributed by atoms with van der Waals surface area (Å²) in [6.45, 7) is 2.49. The van der Waals surface area contributed by atoms with Crippen LogP contribution in [0.4, 0.5) is 5.69 Å². The standard InChI is InChI=1S/C20H18ClN3O3S/c1-2-27-17-9-7-16(8-10-17)24-12-11-22-19(20(24)26)28-13-18(25)23-15-5-3-14(21)4-6-15/h3-12H,2,13H2,1H3,(H,23,25). The van der Waals surface area contributed by atoms with Crippen LogP contribution in [0.5, 0.6) is 5.75 Å². The molecule has 1 amide bonds. The molecular weight excluding hydrogens is 398 g/mol. The maximum atomic E-state index is 12.7. The van der Waals surface area contributed by atoms with Crippen LogP contribution in [0.1, 0.15) is 6.92 Å². The van der Waals surface area contributed by atoms with Gasteiger partial charge in [0.15, 0.2) is 5.03 Å². The highest BCUT2D eigenvalue weighted by Gasteiger charge is 2.10. The van der Waals surface area contributed by atoms with Crippen LogP contribution in [0.15, 0.2) is 70.7 Å². The van der Waals surface area contributed by atoms with Gasteiger partial charge in [0, 0.05) is 28.8 Å². The van der Waals surface area contributed by atoms with E-state index >= 15 is 0 Å². The van der Waals surface area contributed by atoms with Crippen molar-refractivity contribution < 1.29 is 9.53 Å². The second kappa shape index (κ2) is 9.43. The third kappa shape index (κ3) is 5.15. The van der Waals surface area contributed by atoms with Crippen LogP contribution in [-0.4, -0.2) is 27.8 Å². The van der Waals surface area contributed by atoms with Gasteiger partial charge in [0.05, 0.1) is 12.4 Å². The smallest absolute Gasteiger partial charge is 0.287 e. The molecule has 0 bridgehead atoms. The molecule has 3 rings (SSSR count). The molecule has 0 spiro atoms. The summed E-state index contributed by atoms with van der Waals surface area (Å²) in [7, 11) is 0. The molecule has 0 saturated heterocycles. The number of carbonyl (C=O) groups excluding carboxylic acids is 1. The average molecular weight is 416 g/mol. The number of aromatic nitrogens is 2. The lowest BCUT2D eigenvalue weighted by atomic mass is 10.3. The summed E-state index contributed by atoms with van der Waals surface area (Å²) in [5, 5.41) is 3.60. The van der Waals surface area contributed by atoms with E-state index in [-0.39, 0.29) is 22.2 Å². The van der Waals surface area contributed by atoms with Gasteiger partial charge in [-0.3, -0.25) is 14.2 Å². The Kier molecular flexibility index (Phi) is 6.73. The highest BCUT2D eigenvalue weighted by Crippen LogP contribution is 2.17. The number of rotatable bonds is 7. The fraction of sp³-hybridized carbons (Fsp3) is 0.150. The highest BCUT2D eigenvalue weighted by atomic mass is 35.5. The van der Waals surface area contributed by atoms with Crippen LogP contribution in [0, 0.1) is 0 Å². The van der Waals surface area contributed by atoms with E-state index in [1.54, 1.807) is 54.7 Å². The van der Waals surface area contributed by atoms with E-state index in [1.165, 1.54) is 10.8 Å². The Morgan fingerprint density at radius 1 is 1.18 bits per heavy atom. The predicted molar refractivity (Wildman–Crippen MR) is 112 cm³/mol. The van der Waals surface area contributed by atoms with Crippen molar-refractivity contribution in [1.82, 2.24) is 9.55 Å². The molecule has 0 atom stereocenters. The van der Waals surface area contributed by atoms with Gasteiger partial charge in [-0.05, 0) is 55.5 Å². The van der Waals surface area contributed by atoms with Gasteiger partial charge >= 0.3 is 0 Å². The zero-order valence-electron chi connectivity index (χ0n) is 15.1. The molecule has 6 nitrogen and oxygen atoms in total. The van der Waals surface area contributed by atoms with Crippen molar-refractivity contribution in [2.45, 2.75) is 11.9 Å². The van der Waals surface area contributed by atoms with Crippen LogP contribution in [-0.2, 0) is 4.79 Å². The molecule has 0 aliphatic rings. The molecule has 0 aliphatic heterocycles. The van der Waals surface area contributed by atoms with Gasteiger partial charge in [0.25, 0.3) is 5.56 Å². The minimum absolute atomic E-state index is 0.0676. The molecule has 0 radical (unpaired) electrons. The molecule has 0 saturated carbocycles. The summed E-state index contributed by atoms with van der Waals surface area (Å²) in [4.78, 5) is 28.9. The number of anilines is 1. The van der Waals surface area contributed by atoms with Crippen molar-refractivity contribution in [2.24, 2.45) is 0 Å². The summed E-state index contributed by atoms with van der Waals surface area (Å²) in [6, 6.07) is 14.0. The summed E-state index contributed by atoms with van der Waals surface area (Å²) >= 11 is 6.92. The average Bonchev–Trinajstić information content (AvgIpc) is 2.70. The Morgan fingerprint density at radius 2 is 1.89 bits per heavy atom. The lowest BCUT2D eigenvalue weighted by molar-refractivity contribution is -0.113. The van der Waals surface area contributed by atoms with Crippen molar-refractivity contribution in [2.75, 3.05) is 17.7 Å². The zero-order valence-corrected chi connectivity index (χ0v) is 16.7. The number of ether oxygens (including phenoxy) is 1. The van der Waals surface area contributed by atoms with Crippen molar-refractivity contribution in [3.8, 4) is 11.4 Å². The van der Waals surface area contributed by atoms with E-state index in [0.29, 0.717) is 23.0 Å². The summed E-state index contributed by atoms with van der Waals surface area (Å²) < 4.78 is 6.90. The normalized spacial score (nSPS) is 10.5. The number of hydrogen-bond donors (Lipinski definition) is 1. The van der Waals surface area contributed by atoms with Crippen molar-refractivity contribution >= 4 is 35.0 Å². The van der Waals surface area contributed by atoms with E-state index in [4.69, 9.17) is 16.3 Å². The molecule has 0 unspecified atom stereocenters. The number of amides is 1. The number of carbonyl (C=O) groups is 1. The maximum absolute atomic E-state index is 12.7. The molecule has 1 heterocycles. The predicted octanol–water partition coefficient (Wildman–Crippen LogP) is 4.02. The SMILES string of the molecule is CCOc1ccc(-n2ccnc(SCC(=O)Nc3ccc(Cl)cc3)c2=O)cc1. The molecular formula is C20H18ClN3O3S. The first kappa shape index (κ1) is 20.0. The second-order valence-corrected chi connectivity index (χ2v) is 7.08. The molecule has 2 aromatic carbocycles. The summed E-state index contributed by atoms with van der Waals surface area (Å²) in [5.41, 5.74) is 1.06. The van der Waals surface area contributed by atoms with Crippen molar-refractivity contribution in [3.63, 3.8) is 0 Å². The Morgan fingerprint density at radius 3 is 2.57 bits per heavy atom. The van der Waals surface area contributed by atoms with Crippen LogP contribution >= 0.6 is 23.4 Å². The van der Waals surface area contributed by atoms with Gasteiger partial charge in [-0.25, -0.2) is 4.98 Å². The molecule has 28 heavy (non-hydrogen) atoms. The van der Waals surface area contributed by atoms with E-state index in [1.807, 2.05) is 6.92 Å². The Bertz CT molecular complexity index is 1000. The van der Waals surface area contributed by atoms with E-state index < -0.39 is 0 Å². The van der Waals surface area contributed by atoms with Crippen molar-refractivity contribution in [1.29, 1.82) is 0 Å². The number of thioether (sulfide) groups is 1. The third-order valence-corrected chi connectivity index (χ3v) is 4.92. The quantitative estimate of drug-likeness (QED) is 0.590. The van der Waals surface area contributed by atoms with Crippen LogP contribution in [0.25, 0.3) is 5.69 Å². The molecule has 1 N–H and O–H groups in total. The van der Waals surface area contributed by atoms with E-state index in [9.17, 15) is 9.59 Å². The topological polar surface area (TPSA) is 73.2 Å². The Balaban J connectivity index is 1.68. The highest BCUT2D eigenvalue weighted by molar-refractivity contribution is 7.99. The van der Waals surface area contributed by atoms with Gasteiger partial charge in [0.1, 0.15) is 5.75 Å². The third-order valence-electron chi connectivity index (χ3n) is 3.70. The Hall–Kier alpha value is -2.77. The van der Waals surface area contributed by atoms with Gasteiger partial charge in [-0.2, -0.15) is 0 Å².